The van der Waals surface area contributed by atoms with Crippen LogP contribution in [-0.2, 0) is 11.3 Å². The van der Waals surface area contributed by atoms with Crippen molar-refractivity contribution in [3.63, 3.8) is 0 Å². The Morgan fingerprint density at radius 2 is 2.07 bits per heavy atom. The van der Waals surface area contributed by atoms with E-state index < -0.39 is 0 Å². The van der Waals surface area contributed by atoms with Gasteiger partial charge in [0.2, 0.25) is 5.91 Å². The van der Waals surface area contributed by atoms with Gasteiger partial charge in [0.05, 0.1) is 5.75 Å². The summed E-state index contributed by atoms with van der Waals surface area (Å²) in [5.74, 6) is 0.819. The Morgan fingerprint density at radius 1 is 1.22 bits per heavy atom. The summed E-state index contributed by atoms with van der Waals surface area (Å²) in [7, 11) is 0. The van der Waals surface area contributed by atoms with Gasteiger partial charge in [-0.25, -0.2) is 0 Å². The number of carbonyl (C=O) groups is 1. The van der Waals surface area contributed by atoms with Gasteiger partial charge in [-0.2, -0.15) is 0 Å². The van der Waals surface area contributed by atoms with Crippen LogP contribution in [0.25, 0.3) is 11.5 Å². The third kappa shape index (κ3) is 4.43. The molecule has 0 spiro atoms. The van der Waals surface area contributed by atoms with E-state index in [0.717, 1.165) is 22.5 Å². The van der Waals surface area contributed by atoms with Crippen molar-refractivity contribution >= 4 is 23.4 Å². The number of hydrogen-bond donors (Lipinski definition) is 1. The van der Waals surface area contributed by atoms with Crippen LogP contribution < -0.4 is 5.32 Å². The van der Waals surface area contributed by atoms with Crippen LogP contribution in [0, 0.1) is 13.8 Å². The second kappa shape index (κ2) is 8.64. The lowest BCUT2D eigenvalue weighted by Gasteiger charge is -2.10. The summed E-state index contributed by atoms with van der Waals surface area (Å²) in [5.41, 5.74) is 3.79. The summed E-state index contributed by atoms with van der Waals surface area (Å²) in [5, 5.41) is 12.1. The SMILES string of the molecule is C=CCn1c(SCC(=O)Nc2cccc(C)c2C)nnc1-c1ccccn1. The molecule has 7 heteroatoms. The Balaban J connectivity index is 1.72. The third-order valence-corrected chi connectivity index (χ3v) is 5.10. The lowest BCUT2D eigenvalue weighted by molar-refractivity contribution is -0.113. The minimum absolute atomic E-state index is 0.0822. The van der Waals surface area contributed by atoms with Crippen LogP contribution in [0.2, 0.25) is 0 Å². The van der Waals surface area contributed by atoms with Crippen LogP contribution >= 0.6 is 11.8 Å². The number of amides is 1. The standard InChI is InChI=1S/C20H21N5OS/c1-4-12-25-19(17-9-5-6-11-21-17)23-24-20(25)27-13-18(26)22-16-10-7-8-14(2)15(16)3/h4-11H,1,12-13H2,2-3H3,(H,22,26). The van der Waals surface area contributed by atoms with E-state index in [-0.39, 0.29) is 11.7 Å². The highest BCUT2D eigenvalue weighted by molar-refractivity contribution is 7.99. The minimum Gasteiger partial charge on any atom is -0.325 e. The molecule has 3 aromatic rings. The largest absolute Gasteiger partial charge is 0.325 e. The monoisotopic (exact) mass is 379 g/mol. The van der Waals surface area contributed by atoms with Gasteiger partial charge in [-0.3, -0.25) is 14.3 Å². The molecule has 3 rings (SSSR count). The summed E-state index contributed by atoms with van der Waals surface area (Å²) >= 11 is 1.34. The van der Waals surface area contributed by atoms with Crippen molar-refractivity contribution in [3.05, 3.63) is 66.4 Å². The summed E-state index contributed by atoms with van der Waals surface area (Å²) in [6, 6.07) is 11.5. The van der Waals surface area contributed by atoms with E-state index in [1.807, 2.05) is 54.8 Å². The Bertz CT molecular complexity index is 952. The van der Waals surface area contributed by atoms with Gasteiger partial charge in [0.1, 0.15) is 5.69 Å². The van der Waals surface area contributed by atoms with E-state index in [4.69, 9.17) is 0 Å². The van der Waals surface area contributed by atoms with Crippen molar-refractivity contribution in [2.75, 3.05) is 11.1 Å². The molecular weight excluding hydrogens is 358 g/mol. The first-order valence-corrected chi connectivity index (χ1v) is 9.53. The lowest BCUT2D eigenvalue weighted by Crippen LogP contribution is -2.15. The molecule has 138 valence electrons. The second-order valence-electron chi connectivity index (χ2n) is 6.00. The number of benzene rings is 1. The maximum absolute atomic E-state index is 12.4. The van der Waals surface area contributed by atoms with Gasteiger partial charge in [0, 0.05) is 18.4 Å². The van der Waals surface area contributed by atoms with Crippen molar-refractivity contribution in [1.82, 2.24) is 19.7 Å². The van der Waals surface area contributed by atoms with Crippen LogP contribution in [0.4, 0.5) is 5.69 Å². The fraction of sp³-hybridized carbons (Fsp3) is 0.200. The smallest absolute Gasteiger partial charge is 0.234 e. The Kier molecular flexibility index (Phi) is 6.03. The fourth-order valence-electron chi connectivity index (χ4n) is 2.58. The molecule has 0 aliphatic heterocycles. The number of pyridine rings is 1. The van der Waals surface area contributed by atoms with Gasteiger partial charge in [0.15, 0.2) is 11.0 Å². The highest BCUT2D eigenvalue weighted by Gasteiger charge is 2.16. The first-order valence-electron chi connectivity index (χ1n) is 8.54. The molecule has 6 nitrogen and oxygen atoms in total. The van der Waals surface area contributed by atoms with Crippen molar-refractivity contribution in [2.45, 2.75) is 25.5 Å². The molecule has 2 aromatic heterocycles. The highest BCUT2D eigenvalue weighted by Crippen LogP contribution is 2.23. The van der Waals surface area contributed by atoms with E-state index in [1.165, 1.54) is 11.8 Å². The van der Waals surface area contributed by atoms with Gasteiger partial charge < -0.3 is 5.32 Å². The van der Waals surface area contributed by atoms with Gasteiger partial charge in [-0.1, -0.05) is 36.0 Å². The number of allylic oxidation sites excluding steroid dienone is 1. The molecule has 0 aliphatic carbocycles. The Hall–Kier alpha value is -2.93. The Morgan fingerprint density at radius 3 is 2.81 bits per heavy atom. The number of anilines is 1. The molecule has 1 N–H and O–H groups in total. The average molecular weight is 379 g/mol. The molecule has 27 heavy (non-hydrogen) atoms. The van der Waals surface area contributed by atoms with E-state index in [9.17, 15) is 4.79 Å². The molecule has 0 unspecified atom stereocenters. The third-order valence-electron chi connectivity index (χ3n) is 4.13. The number of nitrogens with zero attached hydrogens (tertiary/aromatic N) is 4. The molecule has 0 atom stereocenters. The second-order valence-corrected chi connectivity index (χ2v) is 6.95. The molecule has 1 aromatic carbocycles. The van der Waals surface area contributed by atoms with E-state index in [2.05, 4.69) is 27.1 Å². The van der Waals surface area contributed by atoms with Crippen molar-refractivity contribution in [3.8, 4) is 11.5 Å². The van der Waals surface area contributed by atoms with Crippen molar-refractivity contribution in [2.24, 2.45) is 0 Å². The first kappa shape index (κ1) is 18.8. The zero-order chi connectivity index (χ0) is 19.2. The molecule has 2 heterocycles. The number of nitrogens with one attached hydrogen (secondary N) is 1. The number of hydrogen-bond acceptors (Lipinski definition) is 5. The summed E-state index contributed by atoms with van der Waals surface area (Å²) in [6.07, 6.45) is 3.49. The minimum atomic E-state index is -0.0822. The number of aryl methyl sites for hydroxylation is 1. The maximum Gasteiger partial charge on any atom is 0.234 e. The number of carbonyl (C=O) groups excluding carboxylic acids is 1. The van der Waals surface area contributed by atoms with Crippen LogP contribution in [0.3, 0.4) is 0 Å². The molecule has 0 saturated heterocycles. The number of aromatic nitrogens is 4. The normalized spacial score (nSPS) is 10.6. The van der Waals surface area contributed by atoms with Crippen molar-refractivity contribution < 1.29 is 4.79 Å². The summed E-state index contributed by atoms with van der Waals surface area (Å²) in [6.45, 7) is 8.36. The van der Waals surface area contributed by atoms with E-state index in [0.29, 0.717) is 17.5 Å². The highest BCUT2D eigenvalue weighted by atomic mass is 32.2. The number of rotatable bonds is 7. The van der Waals surface area contributed by atoms with Crippen LogP contribution in [0.5, 0.6) is 0 Å². The average Bonchev–Trinajstić information content (AvgIpc) is 3.07. The predicted molar refractivity (Wildman–Crippen MR) is 109 cm³/mol. The topological polar surface area (TPSA) is 72.7 Å². The molecule has 1 amide bonds. The quantitative estimate of drug-likeness (QED) is 0.498. The maximum atomic E-state index is 12.4. The van der Waals surface area contributed by atoms with Crippen LogP contribution in [0.15, 0.2) is 60.4 Å². The van der Waals surface area contributed by atoms with Gasteiger partial charge in [0.25, 0.3) is 0 Å². The predicted octanol–water partition coefficient (Wildman–Crippen LogP) is 3.87. The van der Waals surface area contributed by atoms with Crippen LogP contribution in [0.1, 0.15) is 11.1 Å². The summed E-state index contributed by atoms with van der Waals surface area (Å²) in [4.78, 5) is 16.7. The zero-order valence-electron chi connectivity index (χ0n) is 15.3. The fourth-order valence-corrected chi connectivity index (χ4v) is 3.32. The molecular formula is C20H21N5OS. The molecule has 0 aliphatic rings. The van der Waals surface area contributed by atoms with Gasteiger partial charge >= 0.3 is 0 Å². The lowest BCUT2D eigenvalue weighted by atomic mass is 10.1. The summed E-state index contributed by atoms with van der Waals surface area (Å²) < 4.78 is 1.91. The van der Waals surface area contributed by atoms with Crippen LogP contribution in [-0.4, -0.2) is 31.4 Å². The number of thioether (sulfide) groups is 1. The molecule has 0 fully saturated rings. The molecule has 0 saturated carbocycles. The molecule has 0 radical (unpaired) electrons. The van der Waals surface area contributed by atoms with Crippen molar-refractivity contribution in [1.29, 1.82) is 0 Å². The Labute approximate surface area is 162 Å². The molecule has 0 bridgehead atoms. The zero-order valence-corrected chi connectivity index (χ0v) is 16.2. The van der Waals surface area contributed by atoms with E-state index in [1.54, 1.807) is 12.3 Å². The van der Waals surface area contributed by atoms with E-state index >= 15 is 0 Å². The van der Waals surface area contributed by atoms with Gasteiger partial charge in [-0.05, 0) is 43.2 Å². The first-order chi connectivity index (χ1) is 13.1. The van der Waals surface area contributed by atoms with Gasteiger partial charge in [-0.15, -0.1) is 16.8 Å².